The van der Waals surface area contributed by atoms with Gasteiger partial charge in [0, 0.05) is 42.4 Å². The third kappa shape index (κ3) is 4.26. The Hall–Kier alpha value is -1.94. The van der Waals surface area contributed by atoms with Crippen LogP contribution < -0.4 is 10.2 Å². The van der Waals surface area contributed by atoms with Gasteiger partial charge in [0.05, 0.1) is 12.2 Å². The molecule has 0 fully saturated rings. The lowest BCUT2D eigenvalue weighted by atomic mass is 10.1. The zero-order valence-corrected chi connectivity index (χ0v) is 13.1. The van der Waals surface area contributed by atoms with Crippen molar-refractivity contribution in [3.63, 3.8) is 0 Å². The van der Waals surface area contributed by atoms with Gasteiger partial charge in [0.1, 0.15) is 0 Å². The Balaban J connectivity index is 2.25. The van der Waals surface area contributed by atoms with Gasteiger partial charge in [-0.2, -0.15) is 0 Å². The van der Waals surface area contributed by atoms with Crippen molar-refractivity contribution in [2.24, 2.45) is 0 Å². The average molecular weight is 284 g/mol. The molecule has 0 aliphatic heterocycles. The van der Waals surface area contributed by atoms with E-state index in [1.54, 1.807) is 0 Å². The van der Waals surface area contributed by atoms with Gasteiger partial charge in [-0.3, -0.25) is 9.97 Å². The van der Waals surface area contributed by atoms with E-state index in [-0.39, 0.29) is 0 Å². The van der Waals surface area contributed by atoms with E-state index in [2.05, 4.69) is 46.2 Å². The number of anilines is 1. The molecular formula is C17H24N4. The zero-order valence-electron chi connectivity index (χ0n) is 13.1. The van der Waals surface area contributed by atoms with E-state index in [0.29, 0.717) is 0 Å². The van der Waals surface area contributed by atoms with Crippen LogP contribution in [0.15, 0.2) is 36.7 Å². The molecule has 0 bridgehead atoms. The molecule has 0 aromatic carbocycles. The van der Waals surface area contributed by atoms with Gasteiger partial charge in [-0.05, 0) is 38.6 Å². The summed E-state index contributed by atoms with van der Waals surface area (Å²) in [5, 5.41) is 3.38. The Morgan fingerprint density at radius 3 is 2.71 bits per heavy atom. The molecule has 112 valence electrons. The SMILES string of the molecule is CCNCc1cnc(C)cc1N(CC)Cc1ccccn1. The fourth-order valence-corrected chi connectivity index (χ4v) is 2.32. The highest BCUT2D eigenvalue weighted by molar-refractivity contribution is 5.53. The van der Waals surface area contributed by atoms with E-state index in [9.17, 15) is 0 Å². The molecular weight excluding hydrogens is 260 g/mol. The van der Waals surface area contributed by atoms with E-state index in [4.69, 9.17) is 0 Å². The number of nitrogens with one attached hydrogen (secondary N) is 1. The third-order valence-corrected chi connectivity index (χ3v) is 3.47. The van der Waals surface area contributed by atoms with Crippen LogP contribution in [0.3, 0.4) is 0 Å². The lowest BCUT2D eigenvalue weighted by Gasteiger charge is -2.25. The van der Waals surface area contributed by atoms with Crippen molar-refractivity contribution in [1.29, 1.82) is 0 Å². The molecule has 2 heterocycles. The molecule has 0 saturated carbocycles. The second-order valence-electron chi connectivity index (χ2n) is 5.07. The Labute approximate surface area is 127 Å². The van der Waals surface area contributed by atoms with E-state index in [0.717, 1.165) is 37.6 Å². The van der Waals surface area contributed by atoms with Gasteiger partial charge in [0.15, 0.2) is 0 Å². The lowest BCUT2D eigenvalue weighted by Crippen LogP contribution is -2.25. The minimum absolute atomic E-state index is 0.819. The Morgan fingerprint density at radius 2 is 2.05 bits per heavy atom. The molecule has 4 heteroatoms. The van der Waals surface area contributed by atoms with Crippen LogP contribution in [0.25, 0.3) is 0 Å². The summed E-state index contributed by atoms with van der Waals surface area (Å²) < 4.78 is 0. The highest BCUT2D eigenvalue weighted by atomic mass is 15.1. The number of aromatic nitrogens is 2. The van der Waals surface area contributed by atoms with Crippen molar-refractivity contribution in [2.45, 2.75) is 33.9 Å². The smallest absolute Gasteiger partial charge is 0.0602 e. The van der Waals surface area contributed by atoms with E-state index in [1.165, 1.54) is 11.3 Å². The van der Waals surface area contributed by atoms with E-state index >= 15 is 0 Å². The summed E-state index contributed by atoms with van der Waals surface area (Å²) in [5.74, 6) is 0. The maximum Gasteiger partial charge on any atom is 0.0602 e. The second-order valence-corrected chi connectivity index (χ2v) is 5.07. The molecule has 21 heavy (non-hydrogen) atoms. The molecule has 0 radical (unpaired) electrons. The maximum atomic E-state index is 4.43. The van der Waals surface area contributed by atoms with Crippen molar-refractivity contribution in [3.05, 3.63) is 53.6 Å². The summed E-state index contributed by atoms with van der Waals surface area (Å²) in [6.07, 6.45) is 3.83. The molecule has 0 aliphatic rings. The number of nitrogens with zero attached hydrogens (tertiary/aromatic N) is 3. The molecule has 0 atom stereocenters. The molecule has 2 aromatic heterocycles. The Bertz CT molecular complexity index is 554. The topological polar surface area (TPSA) is 41.1 Å². The fourth-order valence-electron chi connectivity index (χ4n) is 2.32. The Morgan fingerprint density at radius 1 is 1.19 bits per heavy atom. The van der Waals surface area contributed by atoms with Gasteiger partial charge in [0.2, 0.25) is 0 Å². The van der Waals surface area contributed by atoms with Crippen molar-refractivity contribution in [1.82, 2.24) is 15.3 Å². The summed E-state index contributed by atoms with van der Waals surface area (Å²) in [7, 11) is 0. The van der Waals surface area contributed by atoms with Crippen LogP contribution in [0.5, 0.6) is 0 Å². The summed E-state index contributed by atoms with van der Waals surface area (Å²) >= 11 is 0. The van der Waals surface area contributed by atoms with Crippen LogP contribution in [0.2, 0.25) is 0 Å². The van der Waals surface area contributed by atoms with Gasteiger partial charge in [-0.15, -0.1) is 0 Å². The first-order valence-electron chi connectivity index (χ1n) is 7.55. The Kier molecular flexibility index (Phi) is 5.69. The summed E-state index contributed by atoms with van der Waals surface area (Å²) in [4.78, 5) is 11.2. The summed E-state index contributed by atoms with van der Waals surface area (Å²) in [6.45, 7) is 9.90. The van der Waals surface area contributed by atoms with Crippen molar-refractivity contribution in [3.8, 4) is 0 Å². The van der Waals surface area contributed by atoms with Crippen LogP contribution >= 0.6 is 0 Å². The molecule has 0 spiro atoms. The monoisotopic (exact) mass is 284 g/mol. The van der Waals surface area contributed by atoms with Gasteiger partial charge >= 0.3 is 0 Å². The predicted octanol–water partition coefficient (Wildman–Crippen LogP) is 2.92. The summed E-state index contributed by atoms with van der Waals surface area (Å²) in [6, 6.07) is 8.22. The largest absolute Gasteiger partial charge is 0.366 e. The maximum absolute atomic E-state index is 4.43. The van der Waals surface area contributed by atoms with Gasteiger partial charge in [-0.25, -0.2) is 0 Å². The molecule has 0 unspecified atom stereocenters. The number of aryl methyl sites for hydroxylation is 1. The normalized spacial score (nSPS) is 10.6. The average Bonchev–Trinajstić information content (AvgIpc) is 2.52. The van der Waals surface area contributed by atoms with E-state index < -0.39 is 0 Å². The standard InChI is InChI=1S/C17H24N4/c1-4-18-11-15-12-20-14(3)10-17(15)21(5-2)13-16-8-6-7-9-19-16/h6-10,12,18H,4-5,11,13H2,1-3H3. The van der Waals surface area contributed by atoms with Crippen LogP contribution in [-0.2, 0) is 13.1 Å². The highest BCUT2D eigenvalue weighted by Crippen LogP contribution is 2.22. The van der Waals surface area contributed by atoms with E-state index in [1.807, 2.05) is 31.5 Å². The minimum atomic E-state index is 0.819. The fraction of sp³-hybridized carbons (Fsp3) is 0.412. The van der Waals surface area contributed by atoms with Gasteiger partial charge < -0.3 is 10.2 Å². The molecule has 0 aliphatic carbocycles. The van der Waals surface area contributed by atoms with Crippen molar-refractivity contribution in [2.75, 3.05) is 18.0 Å². The zero-order chi connectivity index (χ0) is 15.1. The van der Waals surface area contributed by atoms with Crippen LogP contribution in [0, 0.1) is 6.92 Å². The number of rotatable bonds is 7. The van der Waals surface area contributed by atoms with Crippen LogP contribution in [-0.4, -0.2) is 23.1 Å². The second kappa shape index (κ2) is 7.74. The number of hydrogen-bond acceptors (Lipinski definition) is 4. The molecule has 1 N–H and O–H groups in total. The van der Waals surface area contributed by atoms with Crippen molar-refractivity contribution < 1.29 is 0 Å². The number of hydrogen-bond donors (Lipinski definition) is 1. The van der Waals surface area contributed by atoms with Crippen molar-refractivity contribution >= 4 is 5.69 Å². The lowest BCUT2D eigenvalue weighted by molar-refractivity contribution is 0.714. The molecule has 2 rings (SSSR count). The highest BCUT2D eigenvalue weighted by Gasteiger charge is 2.11. The van der Waals surface area contributed by atoms with Gasteiger partial charge in [-0.1, -0.05) is 13.0 Å². The predicted molar refractivity (Wildman–Crippen MR) is 87.3 cm³/mol. The summed E-state index contributed by atoms with van der Waals surface area (Å²) in [5.41, 5.74) is 4.62. The number of pyridine rings is 2. The molecule has 0 saturated heterocycles. The first-order chi connectivity index (χ1) is 10.2. The molecule has 4 nitrogen and oxygen atoms in total. The first-order valence-corrected chi connectivity index (χ1v) is 7.55. The molecule has 2 aromatic rings. The van der Waals surface area contributed by atoms with Crippen LogP contribution in [0.4, 0.5) is 5.69 Å². The minimum Gasteiger partial charge on any atom is -0.366 e. The third-order valence-electron chi connectivity index (χ3n) is 3.47. The first kappa shape index (κ1) is 15.4. The van der Waals surface area contributed by atoms with Gasteiger partial charge in [0.25, 0.3) is 0 Å². The quantitative estimate of drug-likeness (QED) is 0.849. The molecule has 0 amide bonds. The van der Waals surface area contributed by atoms with Crippen LogP contribution in [0.1, 0.15) is 30.8 Å².